The van der Waals surface area contributed by atoms with Gasteiger partial charge in [0.2, 0.25) is 0 Å². The Morgan fingerprint density at radius 3 is 2.61 bits per heavy atom. The molecule has 0 aromatic heterocycles. The molecule has 4 aliphatic rings. The number of Topliss-reactive ketones (excluding diaryl/α,β-unsaturated/α-hetero) is 1. The third-order valence-electron chi connectivity index (χ3n) is 9.00. The first-order valence-electron chi connectivity index (χ1n) is 12.1. The van der Waals surface area contributed by atoms with Crippen molar-refractivity contribution < 1.29 is 19.1 Å². The summed E-state index contributed by atoms with van der Waals surface area (Å²) in [5, 5.41) is 0. The molecule has 0 N–H and O–H groups in total. The van der Waals surface area contributed by atoms with E-state index in [-0.39, 0.29) is 40.8 Å². The van der Waals surface area contributed by atoms with E-state index in [2.05, 4.69) is 38.1 Å². The van der Waals surface area contributed by atoms with Crippen molar-refractivity contribution in [2.75, 3.05) is 6.61 Å². The standard InChI is InChI=1S/C29H32O4/c1-18(30)33-17-26(32)27-23(19-7-5-4-6-8-19)16-25-22-10-9-20-15-21(31)11-13-28(20,2)24(22)12-14-29(25,27)3/h4-8,11-13,15,22-23,25,27H,9-10,14,16-17H2,1-3H3/t22?,23-,25?,27+,28-,29-/m0/s1. The Morgan fingerprint density at radius 2 is 1.88 bits per heavy atom. The van der Waals surface area contributed by atoms with Crippen LogP contribution in [-0.4, -0.2) is 24.1 Å². The van der Waals surface area contributed by atoms with Gasteiger partial charge in [-0.3, -0.25) is 14.4 Å². The van der Waals surface area contributed by atoms with Gasteiger partial charge in [-0.25, -0.2) is 0 Å². The van der Waals surface area contributed by atoms with Gasteiger partial charge in [0.1, 0.15) is 6.61 Å². The number of rotatable bonds is 4. The molecular formula is C29H32O4. The summed E-state index contributed by atoms with van der Waals surface area (Å²) >= 11 is 0. The molecule has 4 heteroatoms. The highest BCUT2D eigenvalue weighted by atomic mass is 16.5. The van der Waals surface area contributed by atoms with Crippen molar-refractivity contribution >= 4 is 17.5 Å². The highest BCUT2D eigenvalue weighted by Gasteiger charge is 2.60. The molecule has 1 aromatic rings. The number of carbonyl (C=O) groups is 3. The molecule has 0 radical (unpaired) electrons. The Morgan fingerprint density at radius 1 is 1.12 bits per heavy atom. The van der Waals surface area contributed by atoms with Gasteiger partial charge in [0.15, 0.2) is 11.6 Å². The molecule has 33 heavy (non-hydrogen) atoms. The Hall–Kier alpha value is -2.75. The van der Waals surface area contributed by atoms with Crippen LogP contribution >= 0.6 is 0 Å². The van der Waals surface area contributed by atoms with Crippen molar-refractivity contribution in [3.8, 4) is 0 Å². The molecule has 1 aromatic carbocycles. The highest BCUT2D eigenvalue weighted by Crippen LogP contribution is 2.66. The van der Waals surface area contributed by atoms with E-state index in [4.69, 9.17) is 4.74 Å². The van der Waals surface area contributed by atoms with Crippen LogP contribution in [0.1, 0.15) is 57.9 Å². The first-order valence-corrected chi connectivity index (χ1v) is 12.1. The van der Waals surface area contributed by atoms with E-state index in [1.807, 2.05) is 24.3 Å². The van der Waals surface area contributed by atoms with Gasteiger partial charge in [-0.2, -0.15) is 0 Å². The van der Waals surface area contributed by atoms with Crippen LogP contribution < -0.4 is 0 Å². The Bertz CT molecular complexity index is 1090. The maximum absolute atomic E-state index is 13.5. The van der Waals surface area contributed by atoms with Gasteiger partial charge in [0, 0.05) is 18.3 Å². The zero-order valence-corrected chi connectivity index (χ0v) is 19.7. The van der Waals surface area contributed by atoms with Crippen LogP contribution in [-0.2, 0) is 19.1 Å². The van der Waals surface area contributed by atoms with E-state index in [1.54, 1.807) is 6.08 Å². The SMILES string of the molecule is CC(=O)OCC(=O)[C@H]1[C@H](c2ccccc2)CC2C3CCC4=CC(=O)C=C[C@]4(C)C3=CC[C@@]21C. The van der Waals surface area contributed by atoms with Gasteiger partial charge >= 0.3 is 5.97 Å². The van der Waals surface area contributed by atoms with E-state index in [0.717, 1.165) is 25.7 Å². The van der Waals surface area contributed by atoms with Crippen LogP contribution in [0, 0.1) is 28.6 Å². The second-order valence-electron chi connectivity index (χ2n) is 10.7. The summed E-state index contributed by atoms with van der Waals surface area (Å²) in [5.74, 6) is 0.402. The third kappa shape index (κ3) is 3.46. The lowest BCUT2D eigenvalue weighted by Gasteiger charge is -2.52. The maximum atomic E-state index is 13.5. The van der Waals surface area contributed by atoms with Crippen LogP contribution in [0.5, 0.6) is 0 Å². The van der Waals surface area contributed by atoms with Crippen LogP contribution in [0.2, 0.25) is 0 Å². The number of ether oxygens (including phenoxy) is 1. The highest BCUT2D eigenvalue weighted by molar-refractivity contribution is 6.01. The fourth-order valence-electron chi connectivity index (χ4n) is 7.46. The second-order valence-corrected chi connectivity index (χ2v) is 10.7. The molecule has 0 saturated heterocycles. The molecule has 0 aliphatic heterocycles. The number of ketones is 2. The fourth-order valence-corrected chi connectivity index (χ4v) is 7.46. The van der Waals surface area contributed by atoms with E-state index in [0.29, 0.717) is 11.8 Å². The minimum Gasteiger partial charge on any atom is -0.458 e. The van der Waals surface area contributed by atoms with Gasteiger partial charge in [-0.1, -0.05) is 60.6 Å². The van der Waals surface area contributed by atoms with Crippen LogP contribution in [0.3, 0.4) is 0 Å². The number of benzene rings is 1. The Kier molecular flexibility index (Phi) is 5.30. The van der Waals surface area contributed by atoms with Gasteiger partial charge in [0.05, 0.1) is 0 Å². The zero-order valence-electron chi connectivity index (χ0n) is 19.7. The molecule has 0 heterocycles. The number of esters is 1. The predicted octanol–water partition coefficient (Wildman–Crippen LogP) is 5.36. The molecule has 0 spiro atoms. The Balaban J connectivity index is 1.54. The predicted molar refractivity (Wildman–Crippen MR) is 126 cm³/mol. The van der Waals surface area contributed by atoms with Gasteiger partial charge in [-0.05, 0) is 73.5 Å². The molecule has 5 rings (SSSR count). The van der Waals surface area contributed by atoms with Crippen molar-refractivity contribution in [3.05, 3.63) is 71.3 Å². The topological polar surface area (TPSA) is 60.4 Å². The van der Waals surface area contributed by atoms with Crippen LogP contribution in [0.25, 0.3) is 0 Å². The van der Waals surface area contributed by atoms with Crippen molar-refractivity contribution in [2.24, 2.45) is 28.6 Å². The maximum Gasteiger partial charge on any atom is 0.303 e. The summed E-state index contributed by atoms with van der Waals surface area (Å²) in [5.41, 5.74) is 3.46. The van der Waals surface area contributed by atoms with Crippen molar-refractivity contribution in [1.82, 2.24) is 0 Å². The number of allylic oxidation sites excluding steroid dienone is 6. The van der Waals surface area contributed by atoms with Crippen molar-refractivity contribution in [3.63, 3.8) is 0 Å². The first kappa shape index (κ1) is 22.1. The molecule has 2 saturated carbocycles. The molecule has 2 unspecified atom stereocenters. The molecule has 6 atom stereocenters. The number of hydrogen-bond acceptors (Lipinski definition) is 4. The van der Waals surface area contributed by atoms with Crippen LogP contribution in [0.15, 0.2) is 65.8 Å². The molecule has 4 aliphatic carbocycles. The van der Waals surface area contributed by atoms with Gasteiger partial charge in [-0.15, -0.1) is 0 Å². The average molecular weight is 445 g/mol. The summed E-state index contributed by atoms with van der Waals surface area (Å²) in [6.45, 7) is 5.73. The van der Waals surface area contributed by atoms with Gasteiger partial charge < -0.3 is 4.74 Å². The second kappa shape index (κ2) is 7.93. The van der Waals surface area contributed by atoms with Crippen molar-refractivity contribution in [1.29, 1.82) is 0 Å². The summed E-state index contributed by atoms with van der Waals surface area (Å²) < 4.78 is 5.18. The number of hydrogen-bond donors (Lipinski definition) is 0. The molecular weight excluding hydrogens is 412 g/mol. The molecule has 2 fully saturated rings. The average Bonchev–Trinajstić information content (AvgIpc) is 3.12. The molecule has 0 amide bonds. The van der Waals surface area contributed by atoms with E-state index in [9.17, 15) is 14.4 Å². The lowest BCUT2D eigenvalue weighted by molar-refractivity contribution is -0.148. The lowest BCUT2D eigenvalue weighted by Crippen LogP contribution is -2.45. The minimum absolute atomic E-state index is 0.0340. The largest absolute Gasteiger partial charge is 0.458 e. The van der Waals surface area contributed by atoms with E-state index < -0.39 is 5.97 Å². The summed E-state index contributed by atoms with van der Waals surface area (Å²) in [4.78, 5) is 37.0. The molecule has 4 nitrogen and oxygen atoms in total. The monoisotopic (exact) mass is 444 g/mol. The fraction of sp³-hybridized carbons (Fsp3) is 0.483. The number of fused-ring (bicyclic) bond motifs is 5. The third-order valence-corrected chi connectivity index (χ3v) is 9.00. The summed E-state index contributed by atoms with van der Waals surface area (Å²) in [7, 11) is 0. The zero-order chi connectivity index (χ0) is 23.4. The molecule has 172 valence electrons. The minimum atomic E-state index is -0.414. The smallest absolute Gasteiger partial charge is 0.303 e. The quantitative estimate of drug-likeness (QED) is 0.464. The normalized spacial score (nSPS) is 36.8. The van der Waals surface area contributed by atoms with E-state index >= 15 is 0 Å². The Labute approximate surface area is 195 Å². The summed E-state index contributed by atoms with van der Waals surface area (Å²) in [6, 6.07) is 10.3. The van der Waals surface area contributed by atoms with Crippen LogP contribution in [0.4, 0.5) is 0 Å². The van der Waals surface area contributed by atoms with E-state index in [1.165, 1.54) is 23.6 Å². The first-order chi connectivity index (χ1) is 15.7. The lowest BCUT2D eigenvalue weighted by atomic mass is 9.52. The number of carbonyl (C=O) groups excluding carboxylic acids is 3. The summed E-state index contributed by atoms with van der Waals surface area (Å²) in [6.07, 6.45) is 11.7. The molecule has 0 bridgehead atoms. The van der Waals surface area contributed by atoms with Crippen molar-refractivity contribution in [2.45, 2.75) is 52.4 Å². The van der Waals surface area contributed by atoms with Gasteiger partial charge in [0.25, 0.3) is 0 Å².